The molecule has 0 aliphatic heterocycles. The maximum atomic E-state index is 2.41. The number of benzene rings is 3. The number of hydrogen-bond acceptors (Lipinski definition) is 0. The normalized spacial score (nSPS) is 19.6. The predicted octanol–water partition coefficient (Wildman–Crippen LogP) is 7.09. The molecule has 0 saturated heterocycles. The molecule has 3 aliphatic rings. The maximum absolute atomic E-state index is 2.41. The highest BCUT2D eigenvalue weighted by Crippen LogP contribution is 2.62. The third-order valence-electron chi connectivity index (χ3n) is 7.50. The molecule has 0 saturated carbocycles. The first-order valence-corrected chi connectivity index (χ1v) is 10.8. The van der Waals surface area contributed by atoms with E-state index in [0.717, 1.165) is 12.8 Å². The van der Waals surface area contributed by atoms with E-state index in [1.54, 1.807) is 5.57 Å². The maximum Gasteiger partial charge on any atom is 0.0682 e. The van der Waals surface area contributed by atoms with Crippen molar-refractivity contribution in [1.29, 1.82) is 0 Å². The van der Waals surface area contributed by atoms with Crippen molar-refractivity contribution in [2.75, 3.05) is 0 Å². The average molecular weight is 375 g/mol. The lowest BCUT2D eigenvalue weighted by atomic mass is 9.54. The monoisotopic (exact) mass is 374 g/mol. The molecule has 142 valence electrons. The first kappa shape index (κ1) is 17.0. The van der Waals surface area contributed by atoms with Crippen LogP contribution in [0.5, 0.6) is 0 Å². The summed E-state index contributed by atoms with van der Waals surface area (Å²) >= 11 is 0. The van der Waals surface area contributed by atoms with E-state index < -0.39 is 0 Å². The van der Waals surface area contributed by atoms with Crippen LogP contribution >= 0.6 is 0 Å². The molecule has 29 heavy (non-hydrogen) atoms. The fraction of sp³-hybridized carbons (Fsp3) is 0.241. The Kier molecular flexibility index (Phi) is 3.29. The van der Waals surface area contributed by atoms with Crippen molar-refractivity contribution in [2.45, 2.75) is 44.4 Å². The lowest BCUT2D eigenvalue weighted by Crippen LogP contribution is -2.41. The molecule has 0 amide bonds. The molecule has 3 aromatic rings. The average Bonchev–Trinajstić information content (AvgIpc) is 3.03. The van der Waals surface area contributed by atoms with Gasteiger partial charge in [0.2, 0.25) is 0 Å². The number of fused-ring (bicyclic) bond motifs is 8. The van der Waals surface area contributed by atoms with E-state index in [4.69, 9.17) is 0 Å². The van der Waals surface area contributed by atoms with Gasteiger partial charge in [0.15, 0.2) is 0 Å². The minimum Gasteiger partial charge on any atom is -0.0836 e. The second kappa shape index (κ2) is 5.60. The van der Waals surface area contributed by atoms with Gasteiger partial charge < -0.3 is 0 Å². The van der Waals surface area contributed by atoms with Crippen molar-refractivity contribution in [3.05, 3.63) is 123 Å². The molecule has 0 radical (unpaired) electrons. The Balaban J connectivity index is 1.85. The van der Waals surface area contributed by atoms with Gasteiger partial charge in [-0.2, -0.15) is 0 Å². The zero-order valence-electron chi connectivity index (χ0n) is 17.4. The summed E-state index contributed by atoms with van der Waals surface area (Å²) in [6.45, 7) is 6.99. The Morgan fingerprint density at radius 1 is 0.724 bits per heavy atom. The van der Waals surface area contributed by atoms with Crippen molar-refractivity contribution in [3.8, 4) is 0 Å². The van der Waals surface area contributed by atoms with Crippen LogP contribution in [0.1, 0.15) is 65.6 Å². The summed E-state index contributed by atoms with van der Waals surface area (Å²) in [5, 5.41) is 0. The molecule has 0 bridgehead atoms. The summed E-state index contributed by atoms with van der Waals surface area (Å²) in [4.78, 5) is 0. The van der Waals surface area contributed by atoms with Crippen LogP contribution in [0.4, 0.5) is 0 Å². The fourth-order valence-electron chi connectivity index (χ4n) is 6.29. The molecular weight excluding hydrogens is 348 g/mol. The second-order valence-electron chi connectivity index (χ2n) is 9.35. The highest BCUT2D eigenvalue weighted by Gasteiger charge is 2.53. The van der Waals surface area contributed by atoms with Crippen LogP contribution in [0.2, 0.25) is 0 Å². The highest BCUT2D eigenvalue weighted by molar-refractivity contribution is 5.92. The van der Waals surface area contributed by atoms with Crippen molar-refractivity contribution in [2.24, 2.45) is 0 Å². The Bertz CT molecular complexity index is 1180. The van der Waals surface area contributed by atoms with Crippen LogP contribution in [0, 0.1) is 6.92 Å². The molecule has 6 rings (SSSR count). The summed E-state index contributed by atoms with van der Waals surface area (Å²) in [7, 11) is 0. The van der Waals surface area contributed by atoms with Gasteiger partial charge in [0.25, 0.3) is 0 Å². The van der Waals surface area contributed by atoms with E-state index in [0.29, 0.717) is 0 Å². The van der Waals surface area contributed by atoms with Gasteiger partial charge in [-0.25, -0.2) is 0 Å². The fourth-order valence-corrected chi connectivity index (χ4v) is 6.29. The Morgan fingerprint density at radius 2 is 1.34 bits per heavy atom. The largest absolute Gasteiger partial charge is 0.0836 e. The van der Waals surface area contributed by atoms with Crippen molar-refractivity contribution in [3.63, 3.8) is 0 Å². The van der Waals surface area contributed by atoms with E-state index >= 15 is 0 Å². The van der Waals surface area contributed by atoms with Gasteiger partial charge in [0.1, 0.15) is 0 Å². The lowest BCUT2D eigenvalue weighted by molar-refractivity contribution is 0.550. The summed E-state index contributed by atoms with van der Waals surface area (Å²) in [6, 6.07) is 25.5. The van der Waals surface area contributed by atoms with E-state index in [9.17, 15) is 0 Å². The van der Waals surface area contributed by atoms with Crippen LogP contribution in [0.3, 0.4) is 0 Å². The molecule has 0 aromatic heterocycles. The molecule has 3 aliphatic carbocycles. The third-order valence-corrected chi connectivity index (χ3v) is 7.50. The van der Waals surface area contributed by atoms with Crippen LogP contribution in [-0.2, 0) is 10.8 Å². The summed E-state index contributed by atoms with van der Waals surface area (Å²) in [5.74, 6) is 0. The molecule has 0 atom stereocenters. The van der Waals surface area contributed by atoms with Gasteiger partial charge in [-0.1, -0.05) is 98.3 Å². The molecule has 3 aromatic carbocycles. The Hall–Kier alpha value is -2.86. The SMILES string of the molecule is Cc1ccc2c(c1)C1=C(CCC=C1)C21c2ccccc2C(C)(C)c2ccccc21. The zero-order chi connectivity index (χ0) is 19.8. The van der Waals surface area contributed by atoms with Crippen molar-refractivity contribution in [1.82, 2.24) is 0 Å². The topological polar surface area (TPSA) is 0 Å². The van der Waals surface area contributed by atoms with Gasteiger partial charge in [-0.3, -0.25) is 0 Å². The van der Waals surface area contributed by atoms with Gasteiger partial charge in [-0.05, 0) is 64.3 Å². The first-order valence-electron chi connectivity index (χ1n) is 10.8. The number of rotatable bonds is 0. The molecule has 0 heterocycles. The van der Waals surface area contributed by atoms with E-state index in [2.05, 4.69) is 99.7 Å². The molecule has 1 spiro atoms. The Labute approximate surface area is 173 Å². The second-order valence-corrected chi connectivity index (χ2v) is 9.35. The van der Waals surface area contributed by atoms with Crippen LogP contribution < -0.4 is 0 Å². The van der Waals surface area contributed by atoms with Crippen molar-refractivity contribution >= 4 is 5.57 Å². The third kappa shape index (κ3) is 1.95. The molecule has 0 N–H and O–H groups in total. The summed E-state index contributed by atoms with van der Waals surface area (Å²) < 4.78 is 0. The number of hydrogen-bond donors (Lipinski definition) is 0. The number of aryl methyl sites for hydroxylation is 1. The van der Waals surface area contributed by atoms with Crippen LogP contribution in [0.25, 0.3) is 5.57 Å². The zero-order valence-corrected chi connectivity index (χ0v) is 17.4. The molecule has 0 heteroatoms. The van der Waals surface area contributed by atoms with Gasteiger partial charge in [0.05, 0.1) is 5.41 Å². The standard InChI is InChI=1S/C29H26/c1-19-16-17-23-21(18-19)20-10-4-5-11-22(20)29(23)26-14-8-6-12-24(26)28(2,3)25-13-7-9-15-27(25)29/h4,6-10,12-18H,5,11H2,1-3H3. The van der Waals surface area contributed by atoms with E-state index in [1.165, 1.54) is 44.5 Å². The predicted molar refractivity (Wildman–Crippen MR) is 121 cm³/mol. The van der Waals surface area contributed by atoms with Gasteiger partial charge in [-0.15, -0.1) is 0 Å². The van der Waals surface area contributed by atoms with E-state index in [-0.39, 0.29) is 10.8 Å². The minimum atomic E-state index is -0.161. The summed E-state index contributed by atoms with van der Waals surface area (Å²) in [5.41, 5.74) is 13.0. The summed E-state index contributed by atoms with van der Waals surface area (Å²) in [6.07, 6.45) is 7.00. The lowest BCUT2D eigenvalue weighted by Gasteiger charge is -2.47. The molecule has 0 unspecified atom stereocenters. The van der Waals surface area contributed by atoms with Gasteiger partial charge in [0, 0.05) is 5.41 Å². The van der Waals surface area contributed by atoms with Gasteiger partial charge >= 0.3 is 0 Å². The molecule has 0 nitrogen and oxygen atoms in total. The van der Waals surface area contributed by atoms with E-state index in [1.807, 2.05) is 0 Å². The van der Waals surface area contributed by atoms with Crippen molar-refractivity contribution < 1.29 is 0 Å². The first-order chi connectivity index (χ1) is 14.1. The smallest absolute Gasteiger partial charge is 0.0682 e. The minimum absolute atomic E-state index is 0.00286. The highest BCUT2D eigenvalue weighted by atomic mass is 14.5. The molecular formula is C29H26. The van der Waals surface area contributed by atoms with Crippen LogP contribution in [-0.4, -0.2) is 0 Å². The van der Waals surface area contributed by atoms with Crippen LogP contribution in [0.15, 0.2) is 84.5 Å². The quantitative estimate of drug-likeness (QED) is 0.394. The number of allylic oxidation sites excluding steroid dienone is 4. The Morgan fingerprint density at radius 3 is 2.00 bits per heavy atom. The molecule has 0 fully saturated rings.